The molecule has 0 aromatic heterocycles. The van der Waals surface area contributed by atoms with E-state index in [2.05, 4.69) is 15.9 Å². The van der Waals surface area contributed by atoms with Crippen LogP contribution in [0.2, 0.25) is 10.0 Å². The molecule has 2 rings (SSSR count). The van der Waals surface area contributed by atoms with Gasteiger partial charge in [-0.1, -0.05) is 53.0 Å². The average molecular weight is 389 g/mol. The Kier molecular flexibility index (Phi) is 7.23. The number of hydrogen-bond acceptors (Lipinski definition) is 2. The van der Waals surface area contributed by atoms with Crippen molar-refractivity contribution in [3.63, 3.8) is 0 Å². The lowest BCUT2D eigenvalue weighted by Crippen LogP contribution is -2.04. The molecule has 2 aromatic rings. The monoisotopic (exact) mass is 387 g/mol. The number of nitrogens with one attached hydrogen (secondary N) is 1. The second kappa shape index (κ2) is 8.42. The van der Waals surface area contributed by atoms with Crippen LogP contribution < -0.4 is 0 Å². The van der Waals surface area contributed by atoms with E-state index in [0.29, 0.717) is 27.7 Å². The maximum Gasteiger partial charge on any atom is 0.126 e. The van der Waals surface area contributed by atoms with Gasteiger partial charge < -0.3 is 10.5 Å². The Balaban J connectivity index is 0.00000106. The summed E-state index contributed by atoms with van der Waals surface area (Å²) in [5.41, 5.74) is 1.67. The number of phenolic OH excluding ortho intramolecular Hbond substituents is 1. The quantitative estimate of drug-likeness (QED) is 0.613. The molecule has 0 fully saturated rings. The number of rotatable bonds is 3. The van der Waals surface area contributed by atoms with Crippen molar-refractivity contribution >= 4 is 44.8 Å². The summed E-state index contributed by atoms with van der Waals surface area (Å²) in [5, 5.41) is 18.9. The number of hydrogen-bond donors (Lipinski definition) is 2. The standard InChI is InChI=1S/C14H10BrCl2NO.C2H6/c15-12-4-2-9(16)5-8(12)6-13(18)11-3-1-10(17)7-14(11)19;1-2/h1-5,7,18-19H,6H2;1-2H3. The van der Waals surface area contributed by atoms with Gasteiger partial charge in [0.2, 0.25) is 0 Å². The fourth-order valence-electron chi connectivity index (χ4n) is 1.72. The van der Waals surface area contributed by atoms with Crippen molar-refractivity contribution in [2.45, 2.75) is 20.3 Å². The maximum atomic E-state index is 9.80. The fourth-order valence-corrected chi connectivity index (χ4v) is 2.47. The fraction of sp³-hybridized carbons (Fsp3) is 0.188. The van der Waals surface area contributed by atoms with Crippen molar-refractivity contribution in [3.05, 3.63) is 62.0 Å². The highest BCUT2D eigenvalue weighted by Gasteiger charge is 2.11. The molecular weight excluding hydrogens is 373 g/mol. The third-order valence-corrected chi connectivity index (χ3v) is 3.90. The number of benzene rings is 2. The van der Waals surface area contributed by atoms with Crippen molar-refractivity contribution in [2.75, 3.05) is 0 Å². The van der Waals surface area contributed by atoms with Gasteiger partial charge in [-0.15, -0.1) is 0 Å². The van der Waals surface area contributed by atoms with E-state index in [1.54, 1.807) is 24.3 Å². The van der Waals surface area contributed by atoms with E-state index in [0.717, 1.165) is 10.0 Å². The van der Waals surface area contributed by atoms with Crippen LogP contribution in [-0.2, 0) is 6.42 Å². The van der Waals surface area contributed by atoms with E-state index >= 15 is 0 Å². The lowest BCUT2D eigenvalue weighted by molar-refractivity contribution is 0.474. The Morgan fingerprint density at radius 2 is 1.67 bits per heavy atom. The van der Waals surface area contributed by atoms with Gasteiger partial charge in [-0.05, 0) is 42.0 Å². The minimum atomic E-state index is 0.00986. The zero-order chi connectivity index (χ0) is 16.0. The second-order valence-electron chi connectivity index (χ2n) is 4.05. The third-order valence-electron chi connectivity index (χ3n) is 2.66. The summed E-state index contributed by atoms with van der Waals surface area (Å²) in [7, 11) is 0. The third kappa shape index (κ3) is 5.03. The van der Waals surface area contributed by atoms with Gasteiger partial charge in [-0.25, -0.2) is 0 Å². The number of halogens is 3. The molecule has 0 aliphatic heterocycles. The molecule has 2 aromatic carbocycles. The molecule has 112 valence electrons. The van der Waals surface area contributed by atoms with Gasteiger partial charge in [0.1, 0.15) is 5.75 Å². The Bertz CT molecular complexity index is 644. The Morgan fingerprint density at radius 1 is 1.10 bits per heavy atom. The zero-order valence-corrected chi connectivity index (χ0v) is 14.9. The van der Waals surface area contributed by atoms with Crippen LogP contribution in [-0.4, -0.2) is 10.8 Å². The predicted octanol–water partition coefficient (Wildman–Crippen LogP) is 6.10. The topological polar surface area (TPSA) is 44.1 Å². The molecule has 0 atom stereocenters. The summed E-state index contributed by atoms with van der Waals surface area (Å²) in [4.78, 5) is 0. The van der Waals surface area contributed by atoms with Gasteiger partial charge in [-0.3, -0.25) is 0 Å². The molecule has 0 saturated carbocycles. The van der Waals surface area contributed by atoms with Gasteiger partial charge in [0.05, 0.1) is 0 Å². The van der Waals surface area contributed by atoms with E-state index in [4.69, 9.17) is 28.6 Å². The van der Waals surface area contributed by atoms with Gasteiger partial charge in [0.25, 0.3) is 0 Å². The normalized spacial score (nSPS) is 9.76. The van der Waals surface area contributed by atoms with Crippen molar-refractivity contribution in [1.82, 2.24) is 0 Å². The molecule has 2 N–H and O–H groups in total. The lowest BCUT2D eigenvalue weighted by Gasteiger charge is -2.09. The summed E-state index contributed by atoms with van der Waals surface area (Å²) >= 11 is 15.1. The van der Waals surface area contributed by atoms with Crippen LogP contribution >= 0.6 is 39.1 Å². The summed E-state index contributed by atoms with van der Waals surface area (Å²) in [6.45, 7) is 4.00. The molecular formula is C16H16BrCl2NO. The molecule has 0 spiro atoms. The zero-order valence-electron chi connectivity index (χ0n) is 11.8. The van der Waals surface area contributed by atoms with Crippen LogP contribution in [0.3, 0.4) is 0 Å². The smallest absolute Gasteiger partial charge is 0.126 e. The molecule has 0 amide bonds. The highest BCUT2D eigenvalue weighted by molar-refractivity contribution is 9.10. The van der Waals surface area contributed by atoms with E-state index in [1.165, 1.54) is 6.07 Å². The van der Waals surface area contributed by atoms with Crippen molar-refractivity contribution in [1.29, 1.82) is 5.41 Å². The largest absolute Gasteiger partial charge is 0.507 e. The Labute approximate surface area is 143 Å². The van der Waals surface area contributed by atoms with Gasteiger partial charge in [0, 0.05) is 32.2 Å². The van der Waals surface area contributed by atoms with Crippen LogP contribution in [0.15, 0.2) is 40.9 Å². The SMILES string of the molecule is CC.N=C(Cc1cc(Cl)ccc1Br)c1ccc(Cl)cc1O. The van der Waals surface area contributed by atoms with E-state index in [1.807, 2.05) is 19.9 Å². The number of phenols is 1. The molecule has 5 heteroatoms. The van der Waals surface area contributed by atoms with Crippen molar-refractivity contribution in [2.24, 2.45) is 0 Å². The van der Waals surface area contributed by atoms with Crippen LogP contribution in [0.25, 0.3) is 0 Å². The first kappa shape index (κ1) is 18.0. The van der Waals surface area contributed by atoms with Crippen LogP contribution in [0, 0.1) is 5.41 Å². The van der Waals surface area contributed by atoms with Gasteiger partial charge >= 0.3 is 0 Å². The lowest BCUT2D eigenvalue weighted by atomic mass is 10.0. The maximum absolute atomic E-state index is 9.80. The predicted molar refractivity (Wildman–Crippen MR) is 94.1 cm³/mol. The van der Waals surface area contributed by atoms with Gasteiger partial charge in [0.15, 0.2) is 0 Å². The molecule has 0 bridgehead atoms. The molecule has 0 radical (unpaired) electrons. The van der Waals surface area contributed by atoms with Gasteiger partial charge in [-0.2, -0.15) is 0 Å². The van der Waals surface area contributed by atoms with Crippen molar-refractivity contribution < 1.29 is 5.11 Å². The van der Waals surface area contributed by atoms with Crippen molar-refractivity contribution in [3.8, 4) is 5.75 Å². The summed E-state index contributed by atoms with van der Waals surface area (Å²) in [6.07, 6.45) is 0.371. The summed E-state index contributed by atoms with van der Waals surface area (Å²) in [5.74, 6) is 0.00986. The van der Waals surface area contributed by atoms with E-state index in [9.17, 15) is 5.11 Å². The molecule has 0 aliphatic carbocycles. The first-order valence-electron chi connectivity index (χ1n) is 6.47. The average Bonchev–Trinajstić information content (AvgIpc) is 2.45. The highest BCUT2D eigenvalue weighted by Crippen LogP contribution is 2.26. The summed E-state index contributed by atoms with van der Waals surface area (Å²) < 4.78 is 0.884. The van der Waals surface area contributed by atoms with Crippen LogP contribution in [0.5, 0.6) is 5.75 Å². The molecule has 0 aliphatic rings. The first-order chi connectivity index (χ1) is 9.97. The minimum Gasteiger partial charge on any atom is -0.507 e. The summed E-state index contributed by atoms with van der Waals surface area (Å²) in [6, 6.07) is 10.1. The second-order valence-corrected chi connectivity index (χ2v) is 5.78. The highest BCUT2D eigenvalue weighted by atomic mass is 79.9. The molecule has 2 nitrogen and oxygen atoms in total. The van der Waals surface area contributed by atoms with Crippen LogP contribution in [0.4, 0.5) is 0 Å². The Morgan fingerprint density at radius 3 is 2.29 bits per heavy atom. The van der Waals surface area contributed by atoms with Crippen LogP contribution in [0.1, 0.15) is 25.0 Å². The minimum absolute atomic E-state index is 0.00986. The molecule has 0 unspecified atom stereocenters. The Hall–Kier alpha value is -1.03. The van der Waals surface area contributed by atoms with E-state index in [-0.39, 0.29) is 5.75 Å². The molecule has 0 saturated heterocycles. The molecule has 21 heavy (non-hydrogen) atoms. The first-order valence-corrected chi connectivity index (χ1v) is 8.02. The molecule has 0 heterocycles. The number of aromatic hydroxyl groups is 1. The van der Waals surface area contributed by atoms with E-state index < -0.39 is 0 Å².